The average Bonchev–Trinajstić information content (AvgIpc) is 3.51. The maximum atomic E-state index is 13.7. The molecule has 2 aliphatic rings. The number of hydrogen-bond donors (Lipinski definition) is 0. The molecule has 3 heterocycles. The second-order valence-corrected chi connectivity index (χ2v) is 11.5. The number of carbonyl (C=O) groups excluding carboxylic acids is 1. The van der Waals surface area contributed by atoms with Gasteiger partial charge in [-0.15, -0.1) is 0 Å². The first-order valence-corrected chi connectivity index (χ1v) is 14.0. The summed E-state index contributed by atoms with van der Waals surface area (Å²) in [5, 5.41) is 0.630. The number of aliphatic imine (C=N–C) groups is 1. The van der Waals surface area contributed by atoms with E-state index in [1.807, 2.05) is 48.5 Å². The normalized spacial score (nSPS) is 20.9. The van der Waals surface area contributed by atoms with Crippen molar-refractivity contribution in [2.45, 2.75) is 58.5 Å². The Morgan fingerprint density at radius 1 is 1.18 bits per heavy atom. The Labute approximate surface area is 229 Å². The summed E-state index contributed by atoms with van der Waals surface area (Å²) in [6.07, 6.45) is 5.72. The van der Waals surface area contributed by atoms with Crippen LogP contribution in [0.3, 0.4) is 0 Å². The van der Waals surface area contributed by atoms with E-state index in [0.717, 1.165) is 36.4 Å². The lowest BCUT2D eigenvalue weighted by atomic mass is 9.79. The average molecular weight is 530 g/mol. The molecule has 198 valence electrons. The number of thioether (sulfide) groups is 1. The number of amidine groups is 1. The molecule has 38 heavy (non-hydrogen) atoms. The highest BCUT2D eigenvalue weighted by Gasteiger charge is 2.37. The Hall–Kier alpha value is -3.45. The van der Waals surface area contributed by atoms with Gasteiger partial charge in [-0.2, -0.15) is 0 Å². The first kappa shape index (κ1) is 26.2. The molecular formula is C31H35N3O3S. The quantitative estimate of drug-likeness (QED) is 0.295. The number of methoxy groups -OCH3 is 1. The topological polar surface area (TPSA) is 58.3 Å². The van der Waals surface area contributed by atoms with E-state index < -0.39 is 0 Å². The van der Waals surface area contributed by atoms with E-state index in [9.17, 15) is 4.79 Å². The van der Waals surface area contributed by atoms with Crippen LogP contribution in [0.4, 0.5) is 11.4 Å². The molecule has 1 amide bonds. The van der Waals surface area contributed by atoms with Crippen molar-refractivity contribution in [1.82, 2.24) is 4.90 Å². The summed E-state index contributed by atoms with van der Waals surface area (Å²) in [6, 6.07) is 17.8. The van der Waals surface area contributed by atoms with Gasteiger partial charge >= 0.3 is 0 Å². The largest absolute Gasteiger partial charge is 0.496 e. The number of para-hydroxylation sites is 1. The van der Waals surface area contributed by atoms with Gasteiger partial charge in [-0.1, -0.05) is 32.0 Å². The lowest BCUT2D eigenvalue weighted by Gasteiger charge is -2.47. The fraction of sp³-hybridized carbons (Fsp3) is 0.355. The van der Waals surface area contributed by atoms with E-state index in [1.54, 1.807) is 18.3 Å². The molecule has 1 aromatic heterocycles. The van der Waals surface area contributed by atoms with Crippen LogP contribution in [0.1, 0.15) is 63.3 Å². The molecule has 1 fully saturated rings. The van der Waals surface area contributed by atoms with Crippen LogP contribution in [0.25, 0.3) is 6.08 Å². The zero-order valence-electron chi connectivity index (χ0n) is 22.7. The molecule has 1 atom stereocenters. The number of fused-ring (bicyclic) bond motifs is 1. The second kappa shape index (κ2) is 10.7. The van der Waals surface area contributed by atoms with Gasteiger partial charge in [0, 0.05) is 29.4 Å². The summed E-state index contributed by atoms with van der Waals surface area (Å²) in [5.41, 5.74) is 4.30. The standard InChI is InChI=1S/C31H35N3O3S/c1-6-14-34-26-18-27(36-5)22(16-25(26)21(2)19-31(34,3)4)17-28-29(35)33(20-24-13-10-15-37-24)30(38-28)32-23-11-8-7-9-12-23/h7-13,15-18,21H,6,14,19-20H2,1-5H3/b28-17+,32-30?. The highest BCUT2D eigenvalue weighted by Crippen LogP contribution is 2.47. The van der Waals surface area contributed by atoms with Crippen LogP contribution in [0.15, 0.2) is 75.2 Å². The summed E-state index contributed by atoms with van der Waals surface area (Å²) in [5.74, 6) is 1.78. The zero-order chi connectivity index (χ0) is 26.9. The van der Waals surface area contributed by atoms with Crippen LogP contribution in [0.2, 0.25) is 0 Å². The summed E-state index contributed by atoms with van der Waals surface area (Å²) in [7, 11) is 1.69. The number of furan rings is 1. The third-order valence-electron chi connectivity index (χ3n) is 7.23. The van der Waals surface area contributed by atoms with Gasteiger partial charge in [-0.3, -0.25) is 9.69 Å². The Balaban J connectivity index is 1.55. The van der Waals surface area contributed by atoms with E-state index in [-0.39, 0.29) is 11.4 Å². The molecule has 5 rings (SSSR count). The van der Waals surface area contributed by atoms with E-state index in [2.05, 4.69) is 44.7 Å². The number of anilines is 1. The van der Waals surface area contributed by atoms with Gasteiger partial charge in [0.15, 0.2) is 5.17 Å². The number of carbonyl (C=O) groups is 1. The Morgan fingerprint density at radius 3 is 2.66 bits per heavy atom. The van der Waals surface area contributed by atoms with Gasteiger partial charge in [0.05, 0.1) is 30.5 Å². The van der Waals surface area contributed by atoms with Crippen molar-refractivity contribution in [1.29, 1.82) is 0 Å². The first-order valence-electron chi connectivity index (χ1n) is 13.2. The number of amides is 1. The minimum atomic E-state index is -0.0948. The van der Waals surface area contributed by atoms with E-state index in [1.165, 1.54) is 23.0 Å². The van der Waals surface area contributed by atoms with Crippen LogP contribution >= 0.6 is 11.8 Å². The molecule has 0 bridgehead atoms. The maximum Gasteiger partial charge on any atom is 0.267 e. The van der Waals surface area contributed by atoms with Crippen LogP contribution in [-0.4, -0.2) is 35.2 Å². The Morgan fingerprint density at radius 2 is 1.97 bits per heavy atom. The fourth-order valence-corrected chi connectivity index (χ4v) is 6.50. The third-order valence-corrected chi connectivity index (χ3v) is 8.24. The predicted molar refractivity (Wildman–Crippen MR) is 156 cm³/mol. The molecule has 0 aliphatic carbocycles. The van der Waals surface area contributed by atoms with Gasteiger partial charge < -0.3 is 14.1 Å². The fourth-order valence-electron chi connectivity index (χ4n) is 5.51. The van der Waals surface area contributed by atoms with Crippen molar-refractivity contribution < 1.29 is 13.9 Å². The van der Waals surface area contributed by atoms with E-state index in [4.69, 9.17) is 14.1 Å². The molecular weight excluding hydrogens is 494 g/mol. The van der Waals surface area contributed by atoms with Gasteiger partial charge in [0.2, 0.25) is 0 Å². The Bertz CT molecular complexity index is 1360. The van der Waals surface area contributed by atoms with Crippen molar-refractivity contribution in [3.63, 3.8) is 0 Å². The van der Waals surface area contributed by atoms with Gasteiger partial charge in [-0.25, -0.2) is 4.99 Å². The molecule has 6 nitrogen and oxygen atoms in total. The zero-order valence-corrected chi connectivity index (χ0v) is 23.5. The smallest absolute Gasteiger partial charge is 0.267 e. The van der Waals surface area contributed by atoms with Crippen LogP contribution < -0.4 is 9.64 Å². The molecule has 3 aromatic rings. The molecule has 1 saturated heterocycles. The molecule has 0 radical (unpaired) electrons. The molecule has 0 saturated carbocycles. The monoisotopic (exact) mass is 529 g/mol. The maximum absolute atomic E-state index is 13.7. The summed E-state index contributed by atoms with van der Waals surface area (Å²) in [6.45, 7) is 10.5. The predicted octanol–water partition coefficient (Wildman–Crippen LogP) is 7.59. The van der Waals surface area contributed by atoms with Crippen molar-refractivity contribution in [2.75, 3.05) is 18.6 Å². The van der Waals surface area contributed by atoms with Crippen molar-refractivity contribution in [3.8, 4) is 5.75 Å². The third kappa shape index (κ3) is 5.12. The molecule has 1 unspecified atom stereocenters. The lowest BCUT2D eigenvalue weighted by Crippen LogP contribution is -2.48. The van der Waals surface area contributed by atoms with Gasteiger partial charge in [0.1, 0.15) is 11.5 Å². The summed E-state index contributed by atoms with van der Waals surface area (Å²) >= 11 is 1.38. The molecule has 2 aromatic carbocycles. The molecule has 0 spiro atoms. The van der Waals surface area contributed by atoms with Gasteiger partial charge in [0.25, 0.3) is 5.91 Å². The number of ether oxygens (including phenoxy) is 1. The summed E-state index contributed by atoms with van der Waals surface area (Å²) < 4.78 is 11.4. The van der Waals surface area contributed by atoms with Crippen molar-refractivity contribution in [2.24, 2.45) is 4.99 Å². The Kier molecular flexibility index (Phi) is 7.39. The van der Waals surface area contributed by atoms with E-state index >= 15 is 0 Å². The van der Waals surface area contributed by atoms with Gasteiger partial charge in [-0.05, 0) is 86.3 Å². The molecule has 7 heteroatoms. The van der Waals surface area contributed by atoms with Crippen LogP contribution in [0, 0.1) is 0 Å². The molecule has 0 N–H and O–H groups in total. The number of benzene rings is 2. The minimum Gasteiger partial charge on any atom is -0.496 e. The highest BCUT2D eigenvalue weighted by molar-refractivity contribution is 8.18. The molecule has 2 aliphatic heterocycles. The number of rotatable bonds is 7. The van der Waals surface area contributed by atoms with Crippen molar-refractivity contribution in [3.05, 3.63) is 82.7 Å². The highest BCUT2D eigenvalue weighted by atomic mass is 32.2. The minimum absolute atomic E-state index is 0.0693. The summed E-state index contributed by atoms with van der Waals surface area (Å²) in [4.78, 5) is 23.3. The second-order valence-electron chi connectivity index (χ2n) is 10.5. The SMILES string of the molecule is CCCN1c2cc(OC)c(/C=C3/SC(=Nc4ccccc4)N(Cc4ccco4)C3=O)cc2C(C)CC1(C)C. The lowest BCUT2D eigenvalue weighted by molar-refractivity contribution is -0.122. The van der Waals surface area contributed by atoms with Crippen LogP contribution in [0.5, 0.6) is 5.75 Å². The van der Waals surface area contributed by atoms with Crippen molar-refractivity contribution >= 4 is 40.3 Å². The number of nitrogens with zero attached hydrogens (tertiary/aromatic N) is 3. The first-order chi connectivity index (χ1) is 18.3. The van der Waals surface area contributed by atoms with E-state index in [0.29, 0.717) is 28.3 Å². The van der Waals surface area contributed by atoms with Crippen LogP contribution in [-0.2, 0) is 11.3 Å². The number of hydrogen-bond acceptors (Lipinski definition) is 6.